The Morgan fingerprint density at radius 2 is 2.50 bits per heavy atom. The predicted octanol–water partition coefficient (Wildman–Crippen LogP) is 2.21. The molecule has 1 N–H and O–H groups in total. The molecule has 1 saturated heterocycles. The number of nitrogens with one attached hydrogen (secondary N) is 1. The summed E-state index contributed by atoms with van der Waals surface area (Å²) in [5.41, 5.74) is 0. The molecule has 1 aliphatic heterocycles. The highest BCUT2D eigenvalue weighted by Gasteiger charge is 2.24. The number of aromatic nitrogens is 1. The van der Waals surface area contributed by atoms with Gasteiger partial charge >= 0.3 is 0 Å². The summed E-state index contributed by atoms with van der Waals surface area (Å²) in [7, 11) is 1.98. The quantitative estimate of drug-likeness (QED) is 0.889. The van der Waals surface area contributed by atoms with Crippen molar-refractivity contribution in [3.05, 3.63) is 16.1 Å². The molecule has 0 aliphatic carbocycles. The minimum atomic E-state index is 0.160. The first-order valence-corrected chi connectivity index (χ1v) is 7.53. The largest absolute Gasteiger partial charge is 0.368 e. The Bertz CT molecular complexity index is 367. The molecule has 2 unspecified atom stereocenters. The second-order valence-electron chi connectivity index (χ2n) is 4.77. The van der Waals surface area contributed by atoms with Crippen LogP contribution in [-0.4, -0.2) is 43.2 Å². The average Bonchev–Trinajstić information content (AvgIpc) is 2.88. The van der Waals surface area contributed by atoms with Crippen LogP contribution >= 0.6 is 11.3 Å². The van der Waals surface area contributed by atoms with E-state index in [2.05, 4.69) is 29.0 Å². The third-order valence-electron chi connectivity index (χ3n) is 3.37. The van der Waals surface area contributed by atoms with Crippen LogP contribution in [0.5, 0.6) is 0 Å². The fourth-order valence-electron chi connectivity index (χ4n) is 2.16. The second-order valence-corrected chi connectivity index (χ2v) is 5.87. The molecule has 0 saturated carbocycles. The minimum absolute atomic E-state index is 0.160. The summed E-state index contributed by atoms with van der Waals surface area (Å²) in [5.74, 6) is 0. The van der Waals surface area contributed by atoms with E-state index < -0.39 is 0 Å². The first-order chi connectivity index (χ1) is 8.74. The van der Waals surface area contributed by atoms with Crippen LogP contribution < -0.4 is 5.32 Å². The Balaban J connectivity index is 2.00. The number of rotatable bonds is 5. The van der Waals surface area contributed by atoms with E-state index in [1.165, 1.54) is 11.3 Å². The van der Waals surface area contributed by atoms with Gasteiger partial charge in [-0.25, -0.2) is 4.98 Å². The molecule has 102 valence electrons. The minimum Gasteiger partial charge on any atom is -0.368 e. The number of nitrogens with zero attached hydrogens (tertiary/aromatic N) is 2. The van der Waals surface area contributed by atoms with Gasteiger partial charge in [-0.2, -0.15) is 0 Å². The predicted molar refractivity (Wildman–Crippen MR) is 75.0 cm³/mol. The maximum atomic E-state index is 5.85. The molecule has 1 aromatic heterocycles. The smallest absolute Gasteiger partial charge is 0.123 e. The molecule has 18 heavy (non-hydrogen) atoms. The molecule has 1 fully saturated rings. The molecule has 4 nitrogen and oxygen atoms in total. The van der Waals surface area contributed by atoms with Gasteiger partial charge in [-0.3, -0.25) is 4.90 Å². The zero-order valence-electron chi connectivity index (χ0n) is 11.5. The van der Waals surface area contributed by atoms with Crippen LogP contribution in [0.4, 0.5) is 0 Å². The van der Waals surface area contributed by atoms with E-state index >= 15 is 0 Å². The Hall–Kier alpha value is -0.490. The Morgan fingerprint density at radius 1 is 1.67 bits per heavy atom. The summed E-state index contributed by atoms with van der Waals surface area (Å²) in [6.45, 7) is 8.39. The summed E-state index contributed by atoms with van der Waals surface area (Å²) >= 11 is 1.77. The van der Waals surface area contributed by atoms with E-state index in [0.29, 0.717) is 6.04 Å². The van der Waals surface area contributed by atoms with E-state index in [1.807, 2.05) is 13.2 Å². The van der Waals surface area contributed by atoms with Gasteiger partial charge in [0.2, 0.25) is 0 Å². The van der Waals surface area contributed by atoms with Crippen molar-refractivity contribution in [3.8, 4) is 0 Å². The first-order valence-electron chi connectivity index (χ1n) is 6.71. The molecule has 0 bridgehead atoms. The monoisotopic (exact) mass is 269 g/mol. The molecule has 2 rings (SSSR count). The zero-order chi connectivity index (χ0) is 13.0. The SMILES string of the molecule is CCCN1CCOC(c2ncc(C(C)NC)s2)C1. The van der Waals surface area contributed by atoms with Crippen molar-refractivity contribution in [1.82, 2.24) is 15.2 Å². The molecule has 1 aromatic rings. The summed E-state index contributed by atoms with van der Waals surface area (Å²) in [6, 6.07) is 0.367. The van der Waals surface area contributed by atoms with Crippen LogP contribution in [0.25, 0.3) is 0 Å². The van der Waals surface area contributed by atoms with E-state index in [1.54, 1.807) is 11.3 Å². The van der Waals surface area contributed by atoms with Crippen LogP contribution in [0.1, 0.15) is 42.3 Å². The molecule has 5 heteroatoms. The fraction of sp³-hybridized carbons (Fsp3) is 0.769. The van der Waals surface area contributed by atoms with Gasteiger partial charge in [-0.15, -0.1) is 11.3 Å². The van der Waals surface area contributed by atoms with E-state index in [0.717, 1.165) is 31.2 Å². The highest BCUT2D eigenvalue weighted by molar-refractivity contribution is 7.11. The number of ether oxygens (including phenoxy) is 1. The maximum Gasteiger partial charge on any atom is 0.123 e. The Morgan fingerprint density at radius 3 is 3.22 bits per heavy atom. The molecule has 2 heterocycles. The molecule has 0 amide bonds. The van der Waals surface area contributed by atoms with Crippen LogP contribution in [0, 0.1) is 0 Å². The summed E-state index contributed by atoms with van der Waals surface area (Å²) in [6.07, 6.45) is 3.34. The van der Waals surface area contributed by atoms with Crippen LogP contribution in [0.3, 0.4) is 0 Å². The lowest BCUT2D eigenvalue weighted by atomic mass is 10.2. The first kappa shape index (κ1) is 13.9. The number of thiazole rings is 1. The van der Waals surface area contributed by atoms with Gasteiger partial charge in [0.05, 0.1) is 6.61 Å². The maximum absolute atomic E-state index is 5.85. The van der Waals surface area contributed by atoms with Gasteiger partial charge in [0, 0.05) is 30.2 Å². The van der Waals surface area contributed by atoms with Crippen molar-refractivity contribution < 1.29 is 4.74 Å². The molecular formula is C13H23N3OS. The van der Waals surface area contributed by atoms with Gasteiger partial charge in [-0.05, 0) is 26.9 Å². The fourth-order valence-corrected chi connectivity index (χ4v) is 3.18. The van der Waals surface area contributed by atoms with E-state index in [-0.39, 0.29) is 6.10 Å². The topological polar surface area (TPSA) is 37.4 Å². The molecule has 2 atom stereocenters. The van der Waals surface area contributed by atoms with Gasteiger partial charge in [0.1, 0.15) is 11.1 Å². The zero-order valence-corrected chi connectivity index (χ0v) is 12.3. The standard InChI is InChI=1S/C13H23N3OS/c1-4-5-16-6-7-17-11(9-16)13-15-8-12(18-13)10(2)14-3/h8,10-11,14H,4-7,9H2,1-3H3. The number of hydrogen-bond acceptors (Lipinski definition) is 5. The van der Waals surface area contributed by atoms with Crippen molar-refractivity contribution in [3.63, 3.8) is 0 Å². The third kappa shape index (κ3) is 3.29. The highest BCUT2D eigenvalue weighted by atomic mass is 32.1. The molecule has 1 aliphatic rings. The van der Waals surface area contributed by atoms with Crippen molar-refractivity contribution in [2.24, 2.45) is 0 Å². The van der Waals surface area contributed by atoms with Crippen LogP contribution in [0.2, 0.25) is 0 Å². The summed E-state index contributed by atoms with van der Waals surface area (Å²) in [4.78, 5) is 8.28. The lowest BCUT2D eigenvalue weighted by Gasteiger charge is -2.31. The summed E-state index contributed by atoms with van der Waals surface area (Å²) < 4.78 is 5.85. The highest BCUT2D eigenvalue weighted by Crippen LogP contribution is 2.29. The van der Waals surface area contributed by atoms with Gasteiger partial charge in [-0.1, -0.05) is 6.92 Å². The Kier molecular flexibility index (Phi) is 5.12. The van der Waals surface area contributed by atoms with E-state index in [4.69, 9.17) is 4.74 Å². The average molecular weight is 269 g/mol. The van der Waals surface area contributed by atoms with E-state index in [9.17, 15) is 0 Å². The lowest BCUT2D eigenvalue weighted by Crippen LogP contribution is -2.38. The van der Waals surface area contributed by atoms with Crippen LogP contribution in [-0.2, 0) is 4.74 Å². The van der Waals surface area contributed by atoms with Gasteiger partial charge < -0.3 is 10.1 Å². The molecule has 0 aromatic carbocycles. The van der Waals surface area contributed by atoms with Crippen molar-refractivity contribution in [1.29, 1.82) is 0 Å². The van der Waals surface area contributed by atoms with Crippen molar-refractivity contribution in [2.75, 3.05) is 33.3 Å². The normalized spacial score (nSPS) is 23.2. The van der Waals surface area contributed by atoms with Crippen molar-refractivity contribution in [2.45, 2.75) is 32.4 Å². The van der Waals surface area contributed by atoms with Gasteiger partial charge in [0.25, 0.3) is 0 Å². The molecule has 0 spiro atoms. The number of hydrogen-bond donors (Lipinski definition) is 1. The summed E-state index contributed by atoms with van der Waals surface area (Å²) in [5, 5.41) is 4.36. The van der Waals surface area contributed by atoms with Gasteiger partial charge in [0.15, 0.2) is 0 Å². The van der Waals surface area contributed by atoms with Crippen molar-refractivity contribution >= 4 is 11.3 Å². The third-order valence-corrected chi connectivity index (χ3v) is 4.64. The Labute approximate surface area is 113 Å². The van der Waals surface area contributed by atoms with Crippen LogP contribution in [0.15, 0.2) is 6.20 Å². The second kappa shape index (κ2) is 6.61. The molecular weight excluding hydrogens is 246 g/mol. The lowest BCUT2D eigenvalue weighted by molar-refractivity contribution is -0.0299. The number of morpholine rings is 1. The molecule has 0 radical (unpaired) electrons.